The zero-order valence-electron chi connectivity index (χ0n) is 14.9. The van der Waals surface area contributed by atoms with Crippen LogP contribution in [0.2, 0.25) is 0 Å². The molecule has 1 atom stereocenters. The first-order valence-electron chi connectivity index (χ1n) is 8.96. The van der Waals surface area contributed by atoms with Gasteiger partial charge in [-0.2, -0.15) is 0 Å². The van der Waals surface area contributed by atoms with E-state index in [1.165, 1.54) is 41.4 Å². The van der Waals surface area contributed by atoms with E-state index >= 15 is 0 Å². The first-order chi connectivity index (χ1) is 13.6. The number of nitrogens with zero attached hydrogens (tertiary/aromatic N) is 2. The molecule has 1 fully saturated rings. The normalized spacial score (nSPS) is 14.3. The second kappa shape index (κ2) is 7.64. The van der Waals surface area contributed by atoms with Gasteiger partial charge >= 0.3 is 5.97 Å². The van der Waals surface area contributed by atoms with Gasteiger partial charge in [0, 0.05) is 17.3 Å². The molecule has 142 valence electrons. The van der Waals surface area contributed by atoms with Crippen LogP contribution in [-0.2, 0) is 9.53 Å². The second-order valence-electron chi connectivity index (χ2n) is 6.60. The van der Waals surface area contributed by atoms with E-state index in [1.54, 1.807) is 24.3 Å². The van der Waals surface area contributed by atoms with Gasteiger partial charge in [0.1, 0.15) is 5.82 Å². The number of aromatic nitrogens is 2. The molecule has 1 heterocycles. The van der Waals surface area contributed by atoms with Crippen molar-refractivity contribution in [3.05, 3.63) is 84.2 Å². The number of benzene rings is 2. The lowest BCUT2D eigenvalue weighted by Gasteiger charge is -2.18. The Hall–Kier alpha value is -3.48. The topological polar surface area (TPSA) is 73.2 Å². The molecule has 1 amide bonds. The fourth-order valence-corrected chi connectivity index (χ4v) is 2.83. The molecule has 2 aromatic carbocycles. The van der Waals surface area contributed by atoms with Crippen LogP contribution in [0.15, 0.2) is 67.1 Å². The minimum Gasteiger partial charge on any atom is -0.443 e. The maximum atomic E-state index is 13.2. The predicted octanol–water partition coefficient (Wildman–Crippen LogP) is 3.19. The van der Waals surface area contributed by atoms with Crippen LogP contribution in [0, 0.1) is 5.82 Å². The molecule has 7 heteroatoms. The Morgan fingerprint density at radius 2 is 1.82 bits per heavy atom. The summed E-state index contributed by atoms with van der Waals surface area (Å²) in [4.78, 5) is 29.5. The number of rotatable bonds is 6. The van der Waals surface area contributed by atoms with Crippen LogP contribution in [0.3, 0.4) is 0 Å². The number of halogens is 1. The number of esters is 1. The Bertz CT molecular complexity index is 982. The molecule has 1 N–H and O–H groups in total. The standard InChI is InChI=1S/C21H18FN3O3/c22-15-6-10-17(11-7-15)25-13-23-12-18(25)21(27)28-19(14-4-2-1-3-5-14)20(26)24-16-8-9-16/h1-7,10-13,16,19H,8-9H2,(H,24,26). The SMILES string of the molecule is O=C(OC(C(=O)NC1CC1)c1ccccc1)c1cncn1-c1ccc(F)cc1. The zero-order valence-corrected chi connectivity index (χ0v) is 14.9. The van der Waals surface area contributed by atoms with Gasteiger partial charge in [-0.25, -0.2) is 14.2 Å². The molecule has 1 unspecified atom stereocenters. The van der Waals surface area contributed by atoms with E-state index in [-0.39, 0.29) is 23.5 Å². The Balaban J connectivity index is 1.59. The minimum absolute atomic E-state index is 0.141. The van der Waals surface area contributed by atoms with E-state index in [4.69, 9.17) is 4.74 Å². The molecule has 3 aromatic rings. The van der Waals surface area contributed by atoms with Crippen molar-refractivity contribution in [2.75, 3.05) is 0 Å². The van der Waals surface area contributed by atoms with Crippen LogP contribution in [0.5, 0.6) is 0 Å². The van der Waals surface area contributed by atoms with E-state index in [1.807, 2.05) is 6.07 Å². The summed E-state index contributed by atoms with van der Waals surface area (Å²) in [6.45, 7) is 0. The maximum absolute atomic E-state index is 13.2. The van der Waals surface area contributed by atoms with E-state index in [0.29, 0.717) is 11.3 Å². The van der Waals surface area contributed by atoms with Gasteiger partial charge in [0.05, 0.1) is 12.5 Å². The number of nitrogens with one attached hydrogen (secondary N) is 1. The molecule has 0 radical (unpaired) electrons. The fraction of sp³-hybridized carbons (Fsp3) is 0.190. The number of ether oxygens (including phenoxy) is 1. The van der Waals surface area contributed by atoms with Crippen LogP contribution in [-0.4, -0.2) is 27.5 Å². The zero-order chi connectivity index (χ0) is 19.5. The predicted molar refractivity (Wildman–Crippen MR) is 99.3 cm³/mol. The van der Waals surface area contributed by atoms with Gasteiger partial charge in [-0.3, -0.25) is 9.36 Å². The van der Waals surface area contributed by atoms with Gasteiger partial charge in [0.15, 0.2) is 5.69 Å². The maximum Gasteiger partial charge on any atom is 0.358 e. The molecule has 28 heavy (non-hydrogen) atoms. The van der Waals surface area contributed by atoms with Crippen molar-refractivity contribution in [3.8, 4) is 5.69 Å². The lowest BCUT2D eigenvalue weighted by molar-refractivity contribution is -0.130. The summed E-state index contributed by atoms with van der Waals surface area (Å²) in [5.74, 6) is -1.43. The van der Waals surface area contributed by atoms with Gasteiger partial charge in [0.2, 0.25) is 6.10 Å². The fourth-order valence-electron chi connectivity index (χ4n) is 2.83. The summed E-state index contributed by atoms with van der Waals surface area (Å²) in [6, 6.07) is 14.6. The highest BCUT2D eigenvalue weighted by molar-refractivity contribution is 5.92. The Morgan fingerprint density at radius 3 is 2.50 bits per heavy atom. The van der Waals surface area contributed by atoms with Gasteiger partial charge in [-0.15, -0.1) is 0 Å². The van der Waals surface area contributed by atoms with Crippen molar-refractivity contribution in [1.29, 1.82) is 0 Å². The molecule has 1 aliphatic rings. The average molecular weight is 379 g/mol. The van der Waals surface area contributed by atoms with E-state index in [2.05, 4.69) is 10.3 Å². The number of hydrogen-bond acceptors (Lipinski definition) is 4. The summed E-state index contributed by atoms with van der Waals surface area (Å²) in [5, 5.41) is 2.88. The monoisotopic (exact) mass is 379 g/mol. The average Bonchev–Trinajstić information content (AvgIpc) is 3.38. The highest BCUT2D eigenvalue weighted by atomic mass is 19.1. The Kier molecular flexibility index (Phi) is 4.89. The molecule has 6 nitrogen and oxygen atoms in total. The smallest absolute Gasteiger partial charge is 0.358 e. The lowest BCUT2D eigenvalue weighted by atomic mass is 10.1. The number of carbonyl (C=O) groups is 2. The Labute approximate surface area is 161 Å². The van der Waals surface area contributed by atoms with Gasteiger partial charge < -0.3 is 10.1 Å². The molecule has 0 bridgehead atoms. The summed E-state index contributed by atoms with van der Waals surface area (Å²) in [7, 11) is 0. The largest absolute Gasteiger partial charge is 0.443 e. The molecule has 4 rings (SSSR count). The van der Waals surface area contributed by atoms with Crippen molar-refractivity contribution in [2.45, 2.75) is 25.0 Å². The summed E-state index contributed by atoms with van der Waals surface area (Å²) < 4.78 is 20.2. The summed E-state index contributed by atoms with van der Waals surface area (Å²) in [6.07, 6.45) is 3.58. The van der Waals surface area contributed by atoms with Crippen molar-refractivity contribution < 1.29 is 18.7 Å². The molecule has 0 saturated heterocycles. The highest BCUT2D eigenvalue weighted by Gasteiger charge is 2.31. The third kappa shape index (κ3) is 3.93. The second-order valence-corrected chi connectivity index (χ2v) is 6.60. The van der Waals surface area contributed by atoms with Crippen LogP contribution in [0.4, 0.5) is 4.39 Å². The molecule has 0 spiro atoms. The number of amides is 1. The quantitative estimate of drug-likeness (QED) is 0.668. The van der Waals surface area contributed by atoms with Crippen molar-refractivity contribution in [3.63, 3.8) is 0 Å². The van der Waals surface area contributed by atoms with Crippen molar-refractivity contribution in [2.24, 2.45) is 0 Å². The van der Waals surface area contributed by atoms with E-state index in [0.717, 1.165) is 12.8 Å². The van der Waals surface area contributed by atoms with Crippen LogP contribution in [0.1, 0.15) is 35.0 Å². The van der Waals surface area contributed by atoms with Crippen LogP contribution >= 0.6 is 0 Å². The summed E-state index contributed by atoms with van der Waals surface area (Å²) in [5.41, 5.74) is 1.29. The Morgan fingerprint density at radius 1 is 1.11 bits per heavy atom. The summed E-state index contributed by atoms with van der Waals surface area (Å²) >= 11 is 0. The number of imidazole rings is 1. The van der Waals surface area contributed by atoms with Crippen molar-refractivity contribution >= 4 is 11.9 Å². The molecular weight excluding hydrogens is 361 g/mol. The van der Waals surface area contributed by atoms with Gasteiger partial charge in [-0.1, -0.05) is 30.3 Å². The minimum atomic E-state index is -1.06. The third-order valence-electron chi connectivity index (χ3n) is 4.44. The van der Waals surface area contributed by atoms with Crippen molar-refractivity contribution in [1.82, 2.24) is 14.9 Å². The van der Waals surface area contributed by atoms with Crippen LogP contribution in [0.25, 0.3) is 5.69 Å². The lowest BCUT2D eigenvalue weighted by Crippen LogP contribution is -2.33. The highest BCUT2D eigenvalue weighted by Crippen LogP contribution is 2.24. The molecule has 1 aliphatic carbocycles. The van der Waals surface area contributed by atoms with Crippen LogP contribution < -0.4 is 5.32 Å². The van der Waals surface area contributed by atoms with Gasteiger partial charge in [0.25, 0.3) is 5.91 Å². The van der Waals surface area contributed by atoms with E-state index < -0.39 is 12.1 Å². The molecular formula is C21H18FN3O3. The van der Waals surface area contributed by atoms with E-state index in [9.17, 15) is 14.0 Å². The molecule has 1 aromatic heterocycles. The van der Waals surface area contributed by atoms with Gasteiger partial charge in [-0.05, 0) is 37.1 Å². The number of hydrogen-bond donors (Lipinski definition) is 1. The molecule has 0 aliphatic heterocycles. The third-order valence-corrected chi connectivity index (χ3v) is 4.44. The first kappa shape index (κ1) is 17.9. The number of carbonyl (C=O) groups excluding carboxylic acids is 2. The molecule has 1 saturated carbocycles. The first-order valence-corrected chi connectivity index (χ1v) is 8.96.